The molecule has 0 spiro atoms. The van der Waals surface area contributed by atoms with Gasteiger partial charge in [-0.25, -0.2) is 4.79 Å². The van der Waals surface area contributed by atoms with Gasteiger partial charge >= 0.3 is 6.03 Å². The van der Waals surface area contributed by atoms with E-state index in [1.54, 1.807) is 19.0 Å². The molecule has 1 rings (SSSR count). The van der Waals surface area contributed by atoms with E-state index in [2.05, 4.69) is 4.90 Å². The third-order valence-electron chi connectivity index (χ3n) is 2.75. The molecule has 0 radical (unpaired) electrons. The number of hydrogen-bond donors (Lipinski definition) is 0. The molecule has 0 unspecified atom stereocenters. The van der Waals surface area contributed by atoms with Crippen molar-refractivity contribution in [1.82, 2.24) is 19.8 Å². The van der Waals surface area contributed by atoms with Gasteiger partial charge in [-0.05, 0) is 0 Å². The number of amides is 2. The van der Waals surface area contributed by atoms with Gasteiger partial charge in [0.25, 0.3) is 0 Å². The van der Waals surface area contributed by atoms with Crippen LogP contribution in [0.4, 0.5) is 9.28 Å². The van der Waals surface area contributed by atoms with E-state index in [4.69, 9.17) is 0 Å². The first-order valence-electron chi connectivity index (χ1n) is 5.56. The molecule has 0 saturated carbocycles. The van der Waals surface area contributed by atoms with Crippen LogP contribution in [0.3, 0.4) is 0 Å². The molecule has 1 fully saturated rings. The van der Waals surface area contributed by atoms with Gasteiger partial charge < -0.3 is 9.80 Å². The molecule has 0 atom stereocenters. The van der Waals surface area contributed by atoms with Crippen molar-refractivity contribution in [3.05, 3.63) is 0 Å². The minimum absolute atomic E-state index is 0.0576. The first-order valence-corrected chi connectivity index (χ1v) is 5.56. The number of nitrogens with zero attached hydrogens (tertiary/aromatic N) is 4. The fourth-order valence-corrected chi connectivity index (χ4v) is 1.72. The molecule has 2 amide bonds. The standard InChI is InChI=1S/C10H21FN4O/c1-12(2)10(16)15-8-6-14(7-9-15)5-4-13(3)11/h4-9H2,1-3H3. The Kier molecular flexibility index (Phi) is 4.95. The summed E-state index contributed by atoms with van der Waals surface area (Å²) in [5.74, 6) is 0. The molecule has 0 aliphatic carbocycles. The Hall–Kier alpha value is -0.880. The molecular formula is C10H21FN4O. The van der Waals surface area contributed by atoms with Crippen LogP contribution in [0.15, 0.2) is 0 Å². The monoisotopic (exact) mass is 232 g/mol. The molecule has 94 valence electrons. The highest BCUT2D eigenvalue weighted by molar-refractivity contribution is 5.73. The normalized spacial score (nSPS) is 17.9. The SMILES string of the molecule is CN(F)CCN1CCN(C(=O)N(C)C)CC1. The molecule has 6 heteroatoms. The minimum Gasteiger partial charge on any atom is -0.331 e. The van der Waals surface area contributed by atoms with Gasteiger partial charge in [-0.2, -0.15) is 0 Å². The van der Waals surface area contributed by atoms with Crippen molar-refractivity contribution in [2.75, 3.05) is 60.4 Å². The predicted octanol–water partition coefficient (Wildman–Crippen LogP) is 0.102. The first kappa shape index (κ1) is 13.2. The van der Waals surface area contributed by atoms with Gasteiger partial charge in [-0.3, -0.25) is 4.90 Å². The summed E-state index contributed by atoms with van der Waals surface area (Å²) >= 11 is 0. The zero-order valence-corrected chi connectivity index (χ0v) is 10.3. The molecule has 0 N–H and O–H groups in total. The van der Waals surface area contributed by atoms with Crippen LogP contribution in [-0.2, 0) is 0 Å². The van der Waals surface area contributed by atoms with Crippen molar-refractivity contribution in [1.29, 1.82) is 0 Å². The topological polar surface area (TPSA) is 30.0 Å². The highest BCUT2D eigenvalue weighted by Crippen LogP contribution is 2.04. The lowest BCUT2D eigenvalue weighted by Crippen LogP contribution is -2.52. The van der Waals surface area contributed by atoms with Crippen LogP contribution in [0.1, 0.15) is 0 Å². The zero-order valence-electron chi connectivity index (χ0n) is 10.3. The summed E-state index contributed by atoms with van der Waals surface area (Å²) in [4.78, 5) is 17.2. The summed E-state index contributed by atoms with van der Waals surface area (Å²) in [6.07, 6.45) is 0. The van der Waals surface area contributed by atoms with Crippen LogP contribution in [0.5, 0.6) is 0 Å². The number of carbonyl (C=O) groups excluding carboxylic acids is 1. The molecule has 1 saturated heterocycles. The highest BCUT2D eigenvalue weighted by Gasteiger charge is 2.21. The zero-order chi connectivity index (χ0) is 12.1. The van der Waals surface area contributed by atoms with E-state index in [0.717, 1.165) is 32.7 Å². The maximum atomic E-state index is 12.5. The molecule has 16 heavy (non-hydrogen) atoms. The van der Waals surface area contributed by atoms with Gasteiger partial charge in [-0.1, -0.05) is 0 Å². The summed E-state index contributed by atoms with van der Waals surface area (Å²) in [6.45, 7) is 4.25. The highest BCUT2D eigenvalue weighted by atomic mass is 19.2. The van der Waals surface area contributed by atoms with Crippen molar-refractivity contribution in [2.45, 2.75) is 0 Å². The first-order chi connectivity index (χ1) is 7.50. The van der Waals surface area contributed by atoms with Crippen LogP contribution in [0, 0.1) is 0 Å². The summed E-state index contributed by atoms with van der Waals surface area (Å²) < 4.78 is 12.5. The molecule has 1 aliphatic rings. The Bertz CT molecular complexity index is 227. The van der Waals surface area contributed by atoms with Crippen LogP contribution in [0.25, 0.3) is 0 Å². The second kappa shape index (κ2) is 6.00. The number of urea groups is 1. The number of hydrogen-bond acceptors (Lipinski definition) is 3. The molecule has 0 aromatic rings. The van der Waals surface area contributed by atoms with Crippen molar-refractivity contribution < 1.29 is 9.28 Å². The van der Waals surface area contributed by atoms with Crippen molar-refractivity contribution in [3.63, 3.8) is 0 Å². The van der Waals surface area contributed by atoms with Crippen LogP contribution >= 0.6 is 0 Å². The van der Waals surface area contributed by atoms with Gasteiger partial charge in [-0.15, -0.1) is 9.60 Å². The van der Waals surface area contributed by atoms with Gasteiger partial charge in [0, 0.05) is 60.4 Å². The van der Waals surface area contributed by atoms with Crippen LogP contribution in [0.2, 0.25) is 0 Å². The molecule has 5 nitrogen and oxygen atoms in total. The van der Waals surface area contributed by atoms with Crippen molar-refractivity contribution >= 4 is 6.03 Å². The lowest BCUT2D eigenvalue weighted by Gasteiger charge is -2.36. The lowest BCUT2D eigenvalue weighted by atomic mass is 10.3. The average Bonchev–Trinajstić information content (AvgIpc) is 2.26. The van der Waals surface area contributed by atoms with E-state index in [0.29, 0.717) is 11.7 Å². The van der Waals surface area contributed by atoms with Crippen LogP contribution in [-0.4, -0.2) is 86.3 Å². The minimum atomic E-state index is 0.0576. The Morgan fingerprint density at radius 1 is 1.19 bits per heavy atom. The number of halogens is 1. The molecule has 1 aliphatic heterocycles. The molecule has 1 heterocycles. The van der Waals surface area contributed by atoms with E-state index in [9.17, 15) is 9.28 Å². The second-order valence-electron chi connectivity index (χ2n) is 4.33. The number of likely N-dealkylation sites (N-methyl/N-ethyl adjacent to an activating group) is 1. The number of piperazine rings is 1. The van der Waals surface area contributed by atoms with Crippen LogP contribution < -0.4 is 0 Å². The number of carbonyl (C=O) groups is 1. The molecule has 0 bridgehead atoms. The number of rotatable bonds is 3. The van der Waals surface area contributed by atoms with Crippen molar-refractivity contribution in [2.24, 2.45) is 0 Å². The second-order valence-corrected chi connectivity index (χ2v) is 4.33. The maximum absolute atomic E-state index is 12.5. The lowest BCUT2D eigenvalue weighted by molar-refractivity contribution is 0.0393. The van der Waals surface area contributed by atoms with E-state index in [-0.39, 0.29) is 6.03 Å². The quantitative estimate of drug-likeness (QED) is 0.647. The largest absolute Gasteiger partial charge is 0.331 e. The summed E-state index contributed by atoms with van der Waals surface area (Å²) in [5.41, 5.74) is 0. The van der Waals surface area contributed by atoms with E-state index < -0.39 is 0 Å². The third kappa shape index (κ3) is 3.94. The Balaban J connectivity index is 2.26. The van der Waals surface area contributed by atoms with Gasteiger partial charge in [0.2, 0.25) is 0 Å². The van der Waals surface area contributed by atoms with Crippen molar-refractivity contribution in [3.8, 4) is 0 Å². The summed E-state index contributed by atoms with van der Waals surface area (Å²) in [5, 5.41) is 0.692. The van der Waals surface area contributed by atoms with E-state index >= 15 is 0 Å². The Morgan fingerprint density at radius 2 is 1.75 bits per heavy atom. The molecule has 0 aromatic carbocycles. The van der Waals surface area contributed by atoms with Gasteiger partial charge in [0.05, 0.1) is 0 Å². The van der Waals surface area contributed by atoms with E-state index in [1.165, 1.54) is 7.05 Å². The van der Waals surface area contributed by atoms with Gasteiger partial charge in [0.1, 0.15) is 0 Å². The van der Waals surface area contributed by atoms with E-state index in [1.807, 2.05) is 4.90 Å². The third-order valence-corrected chi connectivity index (χ3v) is 2.75. The summed E-state index contributed by atoms with van der Waals surface area (Å²) in [7, 11) is 4.94. The van der Waals surface area contributed by atoms with Gasteiger partial charge in [0.15, 0.2) is 0 Å². The fourth-order valence-electron chi connectivity index (χ4n) is 1.72. The summed E-state index contributed by atoms with van der Waals surface area (Å²) in [6, 6.07) is 0.0576. The fraction of sp³-hybridized carbons (Fsp3) is 0.900. The molecular weight excluding hydrogens is 211 g/mol. The smallest absolute Gasteiger partial charge is 0.319 e. The molecule has 0 aromatic heterocycles. The Morgan fingerprint density at radius 3 is 2.19 bits per heavy atom. The Labute approximate surface area is 96.3 Å². The predicted molar refractivity (Wildman–Crippen MR) is 60.8 cm³/mol. The average molecular weight is 232 g/mol. The maximum Gasteiger partial charge on any atom is 0.319 e.